The van der Waals surface area contributed by atoms with Gasteiger partial charge in [0.15, 0.2) is 18.1 Å². The third-order valence-electron chi connectivity index (χ3n) is 4.61. The lowest BCUT2D eigenvalue weighted by Crippen LogP contribution is -2.40. The SMILES string of the molecule is CCOc1cc(C(=O)OCC(=O)N2CCC(C)CC2)cc(OCC)c1OCC. The Morgan fingerprint density at radius 2 is 1.50 bits per heavy atom. The van der Waals surface area contributed by atoms with Crippen molar-refractivity contribution in [3.63, 3.8) is 0 Å². The van der Waals surface area contributed by atoms with Crippen molar-refractivity contribution in [2.45, 2.75) is 40.5 Å². The zero-order valence-corrected chi connectivity index (χ0v) is 17.3. The van der Waals surface area contributed by atoms with Crippen molar-refractivity contribution < 1.29 is 28.5 Å². The van der Waals surface area contributed by atoms with E-state index in [0.29, 0.717) is 56.1 Å². The second kappa shape index (κ2) is 10.8. The minimum Gasteiger partial charge on any atom is -0.490 e. The molecule has 7 nitrogen and oxygen atoms in total. The molecular weight excluding hydrogens is 362 g/mol. The van der Waals surface area contributed by atoms with E-state index in [0.717, 1.165) is 12.8 Å². The van der Waals surface area contributed by atoms with Crippen LogP contribution >= 0.6 is 0 Å². The Morgan fingerprint density at radius 3 is 2.00 bits per heavy atom. The summed E-state index contributed by atoms with van der Waals surface area (Å²) >= 11 is 0. The van der Waals surface area contributed by atoms with Gasteiger partial charge in [-0.05, 0) is 51.7 Å². The quantitative estimate of drug-likeness (QED) is 0.600. The highest BCUT2D eigenvalue weighted by Gasteiger charge is 2.23. The summed E-state index contributed by atoms with van der Waals surface area (Å²) < 4.78 is 22.1. The first-order valence-corrected chi connectivity index (χ1v) is 10.0. The van der Waals surface area contributed by atoms with Crippen molar-refractivity contribution in [2.24, 2.45) is 5.92 Å². The van der Waals surface area contributed by atoms with Crippen molar-refractivity contribution in [3.8, 4) is 17.2 Å². The van der Waals surface area contributed by atoms with Crippen molar-refractivity contribution in [1.82, 2.24) is 4.90 Å². The van der Waals surface area contributed by atoms with Gasteiger partial charge in [0.2, 0.25) is 5.75 Å². The van der Waals surface area contributed by atoms with Gasteiger partial charge in [-0.1, -0.05) is 6.92 Å². The summed E-state index contributed by atoms with van der Waals surface area (Å²) in [6.07, 6.45) is 1.96. The van der Waals surface area contributed by atoms with Gasteiger partial charge in [-0.25, -0.2) is 4.79 Å². The number of carbonyl (C=O) groups is 2. The van der Waals surface area contributed by atoms with Gasteiger partial charge in [0.05, 0.1) is 25.4 Å². The van der Waals surface area contributed by atoms with Crippen molar-refractivity contribution in [2.75, 3.05) is 39.5 Å². The standard InChI is InChI=1S/C21H31NO6/c1-5-25-17-12-16(13-18(26-6-2)20(17)27-7-3)21(24)28-14-19(23)22-10-8-15(4)9-11-22/h12-13,15H,5-11,14H2,1-4H3. The number of benzene rings is 1. The van der Waals surface area contributed by atoms with Crippen molar-refractivity contribution >= 4 is 11.9 Å². The molecule has 0 radical (unpaired) electrons. The molecule has 1 aliphatic rings. The molecule has 0 bridgehead atoms. The monoisotopic (exact) mass is 393 g/mol. The lowest BCUT2D eigenvalue weighted by atomic mass is 9.99. The van der Waals surface area contributed by atoms with Crippen LogP contribution in [-0.4, -0.2) is 56.3 Å². The van der Waals surface area contributed by atoms with E-state index in [1.807, 2.05) is 20.8 Å². The molecule has 1 aliphatic heterocycles. The van der Waals surface area contributed by atoms with E-state index >= 15 is 0 Å². The van der Waals surface area contributed by atoms with Crippen molar-refractivity contribution in [3.05, 3.63) is 17.7 Å². The highest BCUT2D eigenvalue weighted by atomic mass is 16.5. The van der Waals surface area contributed by atoms with Crippen LogP contribution in [0.3, 0.4) is 0 Å². The number of nitrogens with zero attached hydrogens (tertiary/aromatic N) is 1. The molecule has 1 amide bonds. The number of rotatable bonds is 9. The van der Waals surface area contributed by atoms with Gasteiger partial charge in [-0.15, -0.1) is 0 Å². The Kier molecular flexibility index (Phi) is 8.42. The summed E-state index contributed by atoms with van der Waals surface area (Å²) in [5.41, 5.74) is 0.260. The summed E-state index contributed by atoms with van der Waals surface area (Å²) in [5, 5.41) is 0. The van der Waals surface area contributed by atoms with Crippen LogP contribution in [0.4, 0.5) is 0 Å². The Hall–Kier alpha value is -2.44. The van der Waals surface area contributed by atoms with Gasteiger partial charge in [0, 0.05) is 13.1 Å². The van der Waals surface area contributed by atoms with Crippen LogP contribution in [0.2, 0.25) is 0 Å². The maximum Gasteiger partial charge on any atom is 0.338 e. The molecular formula is C21H31NO6. The van der Waals surface area contributed by atoms with E-state index in [1.54, 1.807) is 17.0 Å². The van der Waals surface area contributed by atoms with Crippen LogP contribution in [0.1, 0.15) is 50.9 Å². The van der Waals surface area contributed by atoms with Gasteiger partial charge in [-0.2, -0.15) is 0 Å². The van der Waals surface area contributed by atoms with Gasteiger partial charge in [0.25, 0.3) is 5.91 Å². The van der Waals surface area contributed by atoms with Crippen molar-refractivity contribution in [1.29, 1.82) is 0 Å². The van der Waals surface area contributed by atoms with E-state index in [1.165, 1.54) is 0 Å². The largest absolute Gasteiger partial charge is 0.490 e. The van der Waals surface area contributed by atoms with Gasteiger partial charge in [0.1, 0.15) is 0 Å². The number of hydrogen-bond acceptors (Lipinski definition) is 6. The summed E-state index contributed by atoms with van der Waals surface area (Å²) in [6.45, 7) is 10.2. The molecule has 0 aliphatic carbocycles. The van der Waals surface area contributed by atoms with Crippen LogP contribution in [0.25, 0.3) is 0 Å². The predicted octanol–water partition coefficient (Wildman–Crippen LogP) is 3.30. The number of ether oxygens (including phenoxy) is 4. The molecule has 1 aromatic rings. The van der Waals surface area contributed by atoms with Crippen LogP contribution in [0.15, 0.2) is 12.1 Å². The lowest BCUT2D eigenvalue weighted by molar-refractivity contribution is -0.135. The van der Waals surface area contributed by atoms with Crippen LogP contribution in [0, 0.1) is 5.92 Å². The Labute approximate surface area is 166 Å². The Balaban J connectivity index is 2.09. The molecule has 0 unspecified atom stereocenters. The van der Waals surface area contributed by atoms with E-state index in [4.69, 9.17) is 18.9 Å². The second-order valence-electron chi connectivity index (χ2n) is 6.74. The summed E-state index contributed by atoms with van der Waals surface area (Å²) in [5.74, 6) is 1.16. The van der Waals surface area contributed by atoms with E-state index in [2.05, 4.69) is 6.92 Å². The summed E-state index contributed by atoms with van der Waals surface area (Å²) in [6, 6.07) is 3.12. The minimum atomic E-state index is -0.594. The fraction of sp³-hybridized carbons (Fsp3) is 0.619. The molecule has 0 spiro atoms. The highest BCUT2D eigenvalue weighted by Crippen LogP contribution is 2.39. The fourth-order valence-electron chi connectivity index (χ4n) is 3.07. The molecule has 28 heavy (non-hydrogen) atoms. The molecule has 0 saturated carbocycles. The minimum absolute atomic E-state index is 0.166. The molecule has 0 N–H and O–H groups in total. The average Bonchev–Trinajstić information content (AvgIpc) is 2.69. The number of likely N-dealkylation sites (tertiary alicyclic amines) is 1. The summed E-state index contributed by atoms with van der Waals surface area (Å²) in [7, 11) is 0. The third kappa shape index (κ3) is 5.78. The molecule has 1 saturated heterocycles. The smallest absolute Gasteiger partial charge is 0.338 e. The van der Waals surface area contributed by atoms with Gasteiger partial charge in [-0.3, -0.25) is 4.79 Å². The number of hydrogen-bond donors (Lipinski definition) is 0. The molecule has 1 heterocycles. The predicted molar refractivity (Wildman–Crippen MR) is 105 cm³/mol. The maximum absolute atomic E-state index is 12.5. The summed E-state index contributed by atoms with van der Waals surface area (Å²) in [4.78, 5) is 26.6. The average molecular weight is 393 g/mol. The first kappa shape index (κ1) is 21.9. The molecule has 2 rings (SSSR count). The maximum atomic E-state index is 12.5. The topological polar surface area (TPSA) is 74.3 Å². The zero-order chi connectivity index (χ0) is 20.5. The van der Waals surface area contributed by atoms with E-state index in [9.17, 15) is 9.59 Å². The number of piperidine rings is 1. The zero-order valence-electron chi connectivity index (χ0n) is 17.3. The number of carbonyl (C=O) groups excluding carboxylic acids is 2. The number of esters is 1. The first-order chi connectivity index (χ1) is 13.5. The molecule has 156 valence electrons. The second-order valence-corrected chi connectivity index (χ2v) is 6.74. The fourth-order valence-corrected chi connectivity index (χ4v) is 3.07. The molecule has 0 atom stereocenters. The molecule has 1 aromatic carbocycles. The first-order valence-electron chi connectivity index (χ1n) is 10.0. The van der Waals surface area contributed by atoms with E-state index < -0.39 is 5.97 Å². The van der Waals surface area contributed by atoms with Gasteiger partial charge < -0.3 is 23.8 Å². The molecule has 7 heteroatoms. The van der Waals surface area contributed by atoms with E-state index in [-0.39, 0.29) is 18.1 Å². The van der Waals surface area contributed by atoms with Crippen LogP contribution < -0.4 is 14.2 Å². The molecule has 0 aromatic heterocycles. The highest BCUT2D eigenvalue weighted by molar-refractivity contribution is 5.92. The Morgan fingerprint density at radius 1 is 0.964 bits per heavy atom. The Bertz CT molecular complexity index is 640. The lowest BCUT2D eigenvalue weighted by Gasteiger charge is -2.30. The number of amides is 1. The van der Waals surface area contributed by atoms with Crippen LogP contribution in [0.5, 0.6) is 17.2 Å². The van der Waals surface area contributed by atoms with Gasteiger partial charge >= 0.3 is 5.97 Å². The van der Waals surface area contributed by atoms with Crippen LogP contribution in [-0.2, 0) is 9.53 Å². The normalized spacial score (nSPS) is 14.5. The molecule has 1 fully saturated rings. The third-order valence-corrected chi connectivity index (χ3v) is 4.61.